The highest BCUT2D eigenvalue weighted by atomic mass is 35.5. The van der Waals surface area contributed by atoms with Crippen LogP contribution in [0.4, 0.5) is 13.2 Å². The second-order valence-corrected chi connectivity index (χ2v) is 2.54. The summed E-state index contributed by atoms with van der Waals surface area (Å²) in [5.74, 6) is 0. The molecule has 0 aliphatic carbocycles. The Balaban J connectivity index is 3.13. The van der Waals surface area contributed by atoms with E-state index in [0.717, 1.165) is 12.3 Å². The zero-order valence-electron chi connectivity index (χ0n) is 6.10. The molecule has 1 aromatic rings. The van der Waals surface area contributed by atoms with Gasteiger partial charge in [-0.05, 0) is 23.7 Å². The minimum absolute atomic E-state index is 0.219. The van der Waals surface area contributed by atoms with Gasteiger partial charge in [-0.2, -0.15) is 13.2 Å². The number of halogens is 4. The van der Waals surface area contributed by atoms with Gasteiger partial charge in [0.05, 0.1) is 0 Å². The number of hydrogen-bond acceptors (Lipinski definition) is 2. The van der Waals surface area contributed by atoms with Gasteiger partial charge in [0.1, 0.15) is 5.69 Å². The first-order valence-corrected chi connectivity index (χ1v) is 3.52. The summed E-state index contributed by atoms with van der Waals surface area (Å²) in [7, 11) is 0. The highest BCUT2D eigenvalue weighted by molar-refractivity contribution is 6.67. The van der Waals surface area contributed by atoms with Crippen LogP contribution in [0.25, 0.3) is 0 Å². The molecule has 1 aromatic heterocycles. The fourth-order valence-electron chi connectivity index (χ4n) is 0.708. The molecule has 6 heteroatoms. The lowest BCUT2D eigenvalue weighted by Gasteiger charge is -2.04. The Morgan fingerprint density at radius 1 is 1.46 bits per heavy atom. The van der Waals surface area contributed by atoms with Crippen molar-refractivity contribution in [1.82, 2.24) is 4.98 Å². The molecule has 2 nitrogen and oxygen atoms in total. The van der Waals surface area contributed by atoms with Crippen molar-refractivity contribution in [3.8, 4) is 0 Å². The van der Waals surface area contributed by atoms with E-state index in [4.69, 9.17) is 11.6 Å². The van der Waals surface area contributed by atoms with Gasteiger partial charge in [0.25, 0.3) is 5.24 Å². The first kappa shape index (κ1) is 9.98. The number of aromatic nitrogens is 1. The maximum absolute atomic E-state index is 12.0. The number of alkyl halides is 3. The molecule has 0 fully saturated rings. The molecule has 0 bridgehead atoms. The van der Waals surface area contributed by atoms with Crippen LogP contribution in [0.15, 0.2) is 18.3 Å². The summed E-state index contributed by atoms with van der Waals surface area (Å²) in [5.41, 5.74) is -1.34. The normalized spacial score (nSPS) is 11.4. The molecule has 0 amide bonds. The molecule has 0 unspecified atom stereocenters. The van der Waals surface area contributed by atoms with E-state index in [1.807, 2.05) is 0 Å². The highest BCUT2D eigenvalue weighted by Gasteiger charge is 2.32. The van der Waals surface area contributed by atoms with Crippen LogP contribution in [0, 0.1) is 0 Å². The lowest BCUT2D eigenvalue weighted by atomic mass is 10.2. The van der Waals surface area contributed by atoms with Crippen LogP contribution < -0.4 is 0 Å². The van der Waals surface area contributed by atoms with Crippen molar-refractivity contribution in [2.45, 2.75) is 6.18 Å². The van der Waals surface area contributed by atoms with E-state index in [9.17, 15) is 18.0 Å². The van der Waals surface area contributed by atoms with Gasteiger partial charge in [-0.1, -0.05) is 0 Å². The fraction of sp³-hybridized carbons (Fsp3) is 0.143. The van der Waals surface area contributed by atoms with Crippen LogP contribution in [-0.2, 0) is 6.18 Å². The number of nitrogens with zero attached hydrogens (tertiary/aromatic N) is 1. The van der Waals surface area contributed by atoms with Gasteiger partial charge < -0.3 is 0 Å². The number of pyridine rings is 1. The Hall–Kier alpha value is -1.10. The van der Waals surface area contributed by atoms with Gasteiger partial charge >= 0.3 is 6.18 Å². The van der Waals surface area contributed by atoms with E-state index < -0.39 is 17.1 Å². The molecule has 0 aromatic carbocycles. The Morgan fingerprint density at radius 2 is 2.08 bits per heavy atom. The fourth-order valence-corrected chi connectivity index (χ4v) is 0.825. The van der Waals surface area contributed by atoms with Crippen molar-refractivity contribution in [3.05, 3.63) is 29.6 Å². The van der Waals surface area contributed by atoms with Crippen molar-refractivity contribution in [1.29, 1.82) is 0 Å². The number of rotatable bonds is 1. The molecular formula is C7H3ClF3NO. The molecule has 70 valence electrons. The molecule has 0 saturated heterocycles. The quantitative estimate of drug-likeness (QED) is 0.665. The largest absolute Gasteiger partial charge is 0.433 e. The summed E-state index contributed by atoms with van der Waals surface area (Å²) in [4.78, 5) is 13.6. The SMILES string of the molecule is O=C(Cl)c1ccnc(C(F)(F)F)c1. The van der Waals surface area contributed by atoms with E-state index in [-0.39, 0.29) is 5.56 Å². The first-order chi connectivity index (χ1) is 5.91. The molecule has 1 rings (SSSR count). The van der Waals surface area contributed by atoms with Gasteiger partial charge in [0, 0.05) is 11.8 Å². The Bertz CT molecular complexity index is 337. The predicted octanol–water partition coefficient (Wildman–Crippen LogP) is 2.48. The Kier molecular flexibility index (Phi) is 2.56. The van der Waals surface area contributed by atoms with Gasteiger partial charge in [0.15, 0.2) is 0 Å². The standard InChI is InChI=1S/C7H3ClF3NO/c8-6(13)4-1-2-12-5(3-4)7(9,10)11/h1-3H. The molecule has 1 heterocycles. The maximum atomic E-state index is 12.0. The van der Waals surface area contributed by atoms with E-state index in [0.29, 0.717) is 6.07 Å². The van der Waals surface area contributed by atoms with Crippen LogP contribution in [0.1, 0.15) is 16.1 Å². The van der Waals surface area contributed by atoms with Crippen LogP contribution in [0.5, 0.6) is 0 Å². The van der Waals surface area contributed by atoms with Crippen molar-refractivity contribution >= 4 is 16.8 Å². The predicted molar refractivity (Wildman–Crippen MR) is 39.4 cm³/mol. The summed E-state index contributed by atoms with van der Waals surface area (Å²) in [6.07, 6.45) is -3.67. The third-order valence-electron chi connectivity index (χ3n) is 1.28. The zero-order chi connectivity index (χ0) is 10.1. The smallest absolute Gasteiger partial charge is 0.276 e. The van der Waals surface area contributed by atoms with Crippen molar-refractivity contribution in [3.63, 3.8) is 0 Å². The molecule has 0 saturated carbocycles. The number of hydrogen-bond donors (Lipinski definition) is 0. The lowest BCUT2D eigenvalue weighted by Crippen LogP contribution is -2.08. The third-order valence-corrected chi connectivity index (χ3v) is 1.50. The third kappa shape index (κ3) is 2.42. The zero-order valence-corrected chi connectivity index (χ0v) is 6.86. The molecule has 0 atom stereocenters. The van der Waals surface area contributed by atoms with Gasteiger partial charge in [-0.25, -0.2) is 0 Å². The second-order valence-electron chi connectivity index (χ2n) is 2.20. The first-order valence-electron chi connectivity index (χ1n) is 3.14. The van der Waals surface area contributed by atoms with Gasteiger partial charge in [0.2, 0.25) is 0 Å². The Morgan fingerprint density at radius 3 is 2.54 bits per heavy atom. The molecule has 0 radical (unpaired) electrons. The number of carbonyl (C=O) groups excluding carboxylic acids is 1. The average molecular weight is 210 g/mol. The maximum Gasteiger partial charge on any atom is 0.433 e. The Labute approximate surface area is 76.3 Å². The van der Waals surface area contributed by atoms with Crippen LogP contribution in [0.2, 0.25) is 0 Å². The van der Waals surface area contributed by atoms with Crippen molar-refractivity contribution in [2.75, 3.05) is 0 Å². The molecule has 0 spiro atoms. The molecular weight excluding hydrogens is 207 g/mol. The number of carbonyl (C=O) groups is 1. The average Bonchev–Trinajstić information content (AvgIpc) is 2.03. The molecule has 13 heavy (non-hydrogen) atoms. The summed E-state index contributed by atoms with van der Waals surface area (Å²) < 4.78 is 36.0. The van der Waals surface area contributed by atoms with Crippen molar-refractivity contribution < 1.29 is 18.0 Å². The van der Waals surface area contributed by atoms with E-state index in [1.165, 1.54) is 0 Å². The minimum Gasteiger partial charge on any atom is -0.276 e. The summed E-state index contributed by atoms with van der Waals surface area (Å²) in [5, 5.41) is -0.937. The lowest BCUT2D eigenvalue weighted by molar-refractivity contribution is -0.141. The van der Waals surface area contributed by atoms with Gasteiger partial charge in [-0.3, -0.25) is 9.78 Å². The highest BCUT2D eigenvalue weighted by Crippen LogP contribution is 2.27. The van der Waals surface area contributed by atoms with E-state index in [1.54, 1.807) is 0 Å². The van der Waals surface area contributed by atoms with Crippen molar-refractivity contribution in [2.24, 2.45) is 0 Å². The van der Waals surface area contributed by atoms with Crippen LogP contribution in [-0.4, -0.2) is 10.2 Å². The van der Waals surface area contributed by atoms with Crippen LogP contribution >= 0.6 is 11.6 Å². The van der Waals surface area contributed by atoms with E-state index >= 15 is 0 Å². The summed E-state index contributed by atoms with van der Waals surface area (Å²) >= 11 is 4.99. The second kappa shape index (κ2) is 3.33. The molecule has 0 aliphatic rings. The molecule has 0 N–H and O–H groups in total. The van der Waals surface area contributed by atoms with Gasteiger partial charge in [-0.15, -0.1) is 0 Å². The summed E-state index contributed by atoms with van der Waals surface area (Å²) in [6.45, 7) is 0. The minimum atomic E-state index is -4.55. The van der Waals surface area contributed by atoms with Crippen LogP contribution in [0.3, 0.4) is 0 Å². The molecule has 0 aliphatic heterocycles. The monoisotopic (exact) mass is 209 g/mol. The topological polar surface area (TPSA) is 30.0 Å². The summed E-state index contributed by atoms with van der Waals surface area (Å²) in [6, 6.07) is 1.72. The van der Waals surface area contributed by atoms with E-state index in [2.05, 4.69) is 4.98 Å².